The third-order valence-corrected chi connectivity index (χ3v) is 15.8. The summed E-state index contributed by atoms with van der Waals surface area (Å²) in [6.45, 7) is 0. The number of nitriles is 1. The minimum atomic E-state index is -2.71. The summed E-state index contributed by atoms with van der Waals surface area (Å²) in [6, 6.07) is 64.1. The highest BCUT2D eigenvalue weighted by molar-refractivity contribution is 7.30. The van der Waals surface area contributed by atoms with E-state index in [1.165, 1.54) is 40.9 Å². The monoisotopic (exact) mass is 632 g/mol. The van der Waals surface area contributed by atoms with Gasteiger partial charge in [0.25, 0.3) is 0 Å². The van der Waals surface area contributed by atoms with Gasteiger partial charge in [-0.25, -0.2) is 0 Å². The predicted octanol–water partition coefficient (Wildman–Crippen LogP) is 8.40. The van der Waals surface area contributed by atoms with Gasteiger partial charge in [0.15, 0.2) is 8.07 Å². The number of benzene rings is 7. The van der Waals surface area contributed by atoms with Crippen LogP contribution in [0.5, 0.6) is 0 Å². The molecule has 0 unspecified atom stereocenters. The molecule has 0 aliphatic carbocycles. The Bertz CT molecular complexity index is 2530. The molecular formula is C43H28N2SSi. The normalized spacial score (nSPS) is 11.8. The van der Waals surface area contributed by atoms with Gasteiger partial charge < -0.3 is 4.57 Å². The van der Waals surface area contributed by atoms with Gasteiger partial charge in [-0.2, -0.15) is 5.26 Å². The van der Waals surface area contributed by atoms with Crippen LogP contribution in [0.15, 0.2) is 170 Å². The van der Waals surface area contributed by atoms with Crippen molar-refractivity contribution in [2.75, 3.05) is 0 Å². The van der Waals surface area contributed by atoms with E-state index in [-0.39, 0.29) is 0 Å². The molecule has 0 aliphatic heterocycles. The zero-order valence-corrected chi connectivity index (χ0v) is 27.3. The van der Waals surface area contributed by atoms with Crippen LogP contribution in [0.4, 0.5) is 0 Å². The van der Waals surface area contributed by atoms with Gasteiger partial charge >= 0.3 is 0 Å². The van der Waals surface area contributed by atoms with E-state index in [2.05, 4.69) is 168 Å². The summed E-state index contributed by atoms with van der Waals surface area (Å²) in [5.74, 6) is 0. The molecule has 0 saturated heterocycles. The maximum Gasteiger partial charge on any atom is 0.181 e. The number of hydrogen-bond acceptors (Lipinski definition) is 2. The van der Waals surface area contributed by atoms with Gasteiger partial charge in [0.05, 0.1) is 16.6 Å². The summed E-state index contributed by atoms with van der Waals surface area (Å²) in [6.07, 6.45) is 0. The van der Waals surface area contributed by atoms with Crippen molar-refractivity contribution >= 4 is 82.1 Å². The van der Waals surface area contributed by atoms with E-state index < -0.39 is 8.07 Å². The average molecular weight is 633 g/mol. The third-order valence-electron chi connectivity index (χ3n) is 9.58. The van der Waals surface area contributed by atoms with Crippen molar-refractivity contribution in [2.24, 2.45) is 0 Å². The van der Waals surface area contributed by atoms with Crippen molar-refractivity contribution in [1.82, 2.24) is 4.57 Å². The average Bonchev–Trinajstić information content (AvgIpc) is 3.69. The molecule has 9 rings (SSSR count). The van der Waals surface area contributed by atoms with Crippen LogP contribution in [0.1, 0.15) is 5.56 Å². The largest absolute Gasteiger partial charge is 0.308 e. The van der Waals surface area contributed by atoms with E-state index in [0.29, 0.717) is 5.56 Å². The van der Waals surface area contributed by atoms with Crippen LogP contribution in [0.3, 0.4) is 0 Å². The summed E-state index contributed by atoms with van der Waals surface area (Å²) in [5, 5.41) is 20.4. The molecule has 0 amide bonds. The van der Waals surface area contributed by atoms with Gasteiger partial charge in [0.2, 0.25) is 0 Å². The van der Waals surface area contributed by atoms with E-state index in [1.807, 2.05) is 23.5 Å². The Morgan fingerprint density at radius 2 is 1.09 bits per heavy atom. The SMILES string of the molecule is N#Cc1cccc2c3ccccc3n(-c3ccc4sc5c([Si](c6ccccc6)(c6ccccc6)c6ccccc6)cccc5c4c3)c12. The molecule has 2 nitrogen and oxygen atoms in total. The smallest absolute Gasteiger partial charge is 0.181 e. The van der Waals surface area contributed by atoms with Crippen LogP contribution in [0, 0.1) is 11.3 Å². The van der Waals surface area contributed by atoms with Crippen molar-refractivity contribution < 1.29 is 0 Å². The summed E-state index contributed by atoms with van der Waals surface area (Å²) in [5.41, 5.74) is 3.81. The molecule has 9 aromatic rings. The van der Waals surface area contributed by atoms with E-state index in [1.54, 1.807) is 0 Å². The van der Waals surface area contributed by atoms with Crippen LogP contribution >= 0.6 is 11.3 Å². The summed E-state index contributed by atoms with van der Waals surface area (Å²) in [7, 11) is -2.71. The van der Waals surface area contributed by atoms with Crippen LogP contribution in [-0.4, -0.2) is 12.6 Å². The second kappa shape index (κ2) is 11.0. The molecule has 4 heteroatoms. The molecule has 0 bridgehead atoms. The lowest BCUT2D eigenvalue weighted by atomic mass is 10.1. The lowest BCUT2D eigenvalue weighted by Crippen LogP contribution is -2.74. The molecule has 2 heterocycles. The van der Waals surface area contributed by atoms with E-state index in [9.17, 15) is 5.26 Å². The Hall–Kier alpha value is -5.73. The number of hydrogen-bond donors (Lipinski definition) is 0. The van der Waals surface area contributed by atoms with E-state index >= 15 is 0 Å². The molecule has 0 N–H and O–H groups in total. The first-order chi connectivity index (χ1) is 23.3. The Balaban J connectivity index is 1.37. The highest BCUT2D eigenvalue weighted by atomic mass is 32.1. The fraction of sp³-hybridized carbons (Fsp3) is 0. The second-order valence-corrected chi connectivity index (χ2v) is 16.8. The number of thiophene rings is 1. The van der Waals surface area contributed by atoms with E-state index in [4.69, 9.17) is 0 Å². The molecule has 2 aromatic heterocycles. The first-order valence-corrected chi connectivity index (χ1v) is 18.7. The third kappa shape index (κ3) is 4.08. The molecular weight excluding hydrogens is 605 g/mol. The van der Waals surface area contributed by atoms with Crippen molar-refractivity contribution in [3.8, 4) is 11.8 Å². The summed E-state index contributed by atoms with van der Waals surface area (Å²) >= 11 is 1.89. The lowest BCUT2D eigenvalue weighted by Gasteiger charge is -2.34. The maximum absolute atomic E-state index is 10.1. The fourth-order valence-electron chi connectivity index (χ4n) is 7.63. The number of para-hydroxylation sites is 2. The van der Waals surface area contributed by atoms with E-state index in [0.717, 1.165) is 27.5 Å². The molecule has 0 aliphatic rings. The zero-order chi connectivity index (χ0) is 31.4. The number of aromatic nitrogens is 1. The molecule has 0 spiro atoms. The van der Waals surface area contributed by atoms with Gasteiger partial charge in [0, 0.05) is 36.6 Å². The summed E-state index contributed by atoms with van der Waals surface area (Å²) < 4.78 is 4.87. The number of rotatable bonds is 5. The highest BCUT2D eigenvalue weighted by Gasteiger charge is 2.42. The number of fused-ring (bicyclic) bond motifs is 6. The van der Waals surface area contributed by atoms with Crippen LogP contribution in [0.25, 0.3) is 47.7 Å². The van der Waals surface area contributed by atoms with Crippen molar-refractivity contribution in [2.45, 2.75) is 0 Å². The molecule has 0 atom stereocenters. The molecule has 0 radical (unpaired) electrons. The minimum absolute atomic E-state index is 0.681. The quantitative estimate of drug-likeness (QED) is 0.138. The first-order valence-electron chi connectivity index (χ1n) is 15.8. The standard InChI is InChI=1S/C43H28N2SSi/c44-29-30-14-12-22-36-35-21-10-11-24-39(35)45(42(30)36)31-26-27-40-38(28-31)37-23-13-25-41(43(37)46-40)47(32-15-4-1-5-16-32,33-17-6-2-7-18-33)34-19-8-3-9-20-34/h1-28H. The Kier molecular flexibility index (Phi) is 6.43. The van der Waals surface area contributed by atoms with Gasteiger partial charge in [-0.1, -0.05) is 140 Å². The van der Waals surface area contributed by atoms with Gasteiger partial charge in [-0.05, 0) is 51.1 Å². The maximum atomic E-state index is 10.1. The van der Waals surface area contributed by atoms with Crippen LogP contribution in [-0.2, 0) is 0 Å². The fourth-order valence-corrected chi connectivity index (χ4v) is 14.2. The highest BCUT2D eigenvalue weighted by Crippen LogP contribution is 2.38. The van der Waals surface area contributed by atoms with Crippen molar-refractivity contribution in [3.63, 3.8) is 0 Å². The molecule has 47 heavy (non-hydrogen) atoms. The van der Waals surface area contributed by atoms with Crippen LogP contribution in [0.2, 0.25) is 0 Å². The topological polar surface area (TPSA) is 28.7 Å². The first kappa shape index (κ1) is 27.6. The van der Waals surface area contributed by atoms with Gasteiger partial charge in [-0.3, -0.25) is 0 Å². The van der Waals surface area contributed by atoms with Crippen LogP contribution < -0.4 is 20.7 Å². The summed E-state index contributed by atoms with van der Waals surface area (Å²) in [4.78, 5) is 0. The minimum Gasteiger partial charge on any atom is -0.308 e. The van der Waals surface area contributed by atoms with Crippen molar-refractivity contribution in [1.29, 1.82) is 5.26 Å². The van der Waals surface area contributed by atoms with Gasteiger partial charge in [-0.15, -0.1) is 11.3 Å². The van der Waals surface area contributed by atoms with Gasteiger partial charge in [0.1, 0.15) is 6.07 Å². The lowest BCUT2D eigenvalue weighted by molar-refractivity contribution is 1.18. The predicted molar refractivity (Wildman–Crippen MR) is 202 cm³/mol. The molecule has 0 saturated carbocycles. The Morgan fingerprint density at radius 1 is 0.511 bits per heavy atom. The Morgan fingerprint density at radius 3 is 1.74 bits per heavy atom. The molecule has 7 aromatic carbocycles. The molecule has 220 valence electrons. The second-order valence-electron chi connectivity index (χ2n) is 12.0. The molecule has 0 fully saturated rings. The Labute approximate surface area is 278 Å². The van der Waals surface area contributed by atoms with Crippen molar-refractivity contribution in [3.05, 3.63) is 175 Å². The zero-order valence-electron chi connectivity index (χ0n) is 25.5. The number of nitrogens with zero attached hydrogens (tertiary/aromatic N) is 2.